The topological polar surface area (TPSA) is 52.3 Å². The van der Waals surface area contributed by atoms with E-state index in [1.165, 1.54) is 19.4 Å². The van der Waals surface area contributed by atoms with Gasteiger partial charge in [-0.05, 0) is 11.6 Å². The number of carbonyl (C=O) groups excluding carboxylic acids is 1. The number of aldehydes is 1. The monoisotopic (exact) mass is 235 g/mol. The van der Waals surface area contributed by atoms with Gasteiger partial charge in [0.1, 0.15) is 11.6 Å². The molecule has 88 valence electrons. The Morgan fingerprint density at radius 1 is 1.53 bits per heavy atom. The van der Waals surface area contributed by atoms with Crippen molar-refractivity contribution >= 4 is 6.29 Å². The maximum atomic E-state index is 13.6. The Kier molecular flexibility index (Phi) is 3.18. The third-order valence-electron chi connectivity index (χ3n) is 2.29. The van der Waals surface area contributed by atoms with Crippen LogP contribution in [0.15, 0.2) is 28.8 Å². The zero-order chi connectivity index (χ0) is 12.3. The van der Waals surface area contributed by atoms with E-state index in [9.17, 15) is 9.18 Å². The highest BCUT2D eigenvalue weighted by atomic mass is 19.1. The predicted molar refractivity (Wildman–Crippen MR) is 57.6 cm³/mol. The zero-order valence-electron chi connectivity index (χ0n) is 9.14. The van der Waals surface area contributed by atoms with E-state index in [4.69, 9.17) is 9.15 Å². The summed E-state index contributed by atoms with van der Waals surface area (Å²) in [5.41, 5.74) is 0.435. The van der Waals surface area contributed by atoms with Crippen LogP contribution in [0.1, 0.15) is 22.0 Å². The van der Waals surface area contributed by atoms with Gasteiger partial charge in [-0.2, -0.15) is 0 Å². The van der Waals surface area contributed by atoms with Gasteiger partial charge in [-0.3, -0.25) is 4.79 Å². The lowest BCUT2D eigenvalue weighted by Gasteiger charge is -2.03. The molecule has 0 unspecified atom stereocenters. The number of hydrogen-bond donors (Lipinski definition) is 0. The molecule has 0 N–H and O–H groups in total. The summed E-state index contributed by atoms with van der Waals surface area (Å²) in [7, 11) is 1.47. The summed E-state index contributed by atoms with van der Waals surface area (Å²) >= 11 is 0. The van der Waals surface area contributed by atoms with E-state index in [-0.39, 0.29) is 12.2 Å². The Hall–Kier alpha value is -2.17. The largest absolute Gasteiger partial charge is 0.497 e. The van der Waals surface area contributed by atoms with Crippen molar-refractivity contribution in [2.75, 3.05) is 7.11 Å². The van der Waals surface area contributed by atoms with Gasteiger partial charge in [0, 0.05) is 6.07 Å². The number of hydrogen-bond acceptors (Lipinski definition) is 4. The van der Waals surface area contributed by atoms with Crippen molar-refractivity contribution in [3.63, 3.8) is 0 Å². The average Bonchev–Trinajstić information content (AvgIpc) is 2.79. The molecule has 0 spiro atoms. The molecule has 0 fully saturated rings. The molecule has 0 amide bonds. The molecule has 0 radical (unpaired) electrons. The first-order chi connectivity index (χ1) is 8.22. The molecule has 0 atom stereocenters. The van der Waals surface area contributed by atoms with Crippen LogP contribution < -0.4 is 4.74 Å². The standard InChI is InChI=1S/C12H10FNO3/c1-16-9-3-2-8(11(13)5-9)4-12-14-6-10(7-15)17-12/h2-3,5-7H,4H2,1H3. The summed E-state index contributed by atoms with van der Waals surface area (Å²) in [5, 5.41) is 0. The minimum atomic E-state index is -0.393. The fourth-order valence-electron chi connectivity index (χ4n) is 1.42. The van der Waals surface area contributed by atoms with Gasteiger partial charge in [0.25, 0.3) is 0 Å². The molecule has 1 heterocycles. The van der Waals surface area contributed by atoms with E-state index < -0.39 is 5.82 Å². The highest BCUT2D eigenvalue weighted by molar-refractivity contribution is 5.69. The van der Waals surface area contributed by atoms with Crippen molar-refractivity contribution in [1.82, 2.24) is 4.98 Å². The molecule has 0 aliphatic heterocycles. The average molecular weight is 235 g/mol. The maximum Gasteiger partial charge on any atom is 0.199 e. The third kappa shape index (κ3) is 2.50. The Balaban J connectivity index is 2.20. The number of oxazole rings is 1. The van der Waals surface area contributed by atoms with Gasteiger partial charge in [-0.1, -0.05) is 6.07 Å². The van der Waals surface area contributed by atoms with Gasteiger partial charge in [0.2, 0.25) is 0 Å². The van der Waals surface area contributed by atoms with Crippen molar-refractivity contribution in [3.8, 4) is 5.75 Å². The summed E-state index contributed by atoms with van der Waals surface area (Å²) in [5.74, 6) is 0.493. The molecule has 0 saturated carbocycles. The number of nitrogens with zero attached hydrogens (tertiary/aromatic N) is 1. The fourth-order valence-corrected chi connectivity index (χ4v) is 1.42. The van der Waals surface area contributed by atoms with Crippen LogP contribution in [0, 0.1) is 5.82 Å². The van der Waals surface area contributed by atoms with Crippen molar-refractivity contribution in [2.45, 2.75) is 6.42 Å². The Morgan fingerprint density at radius 3 is 2.94 bits per heavy atom. The fraction of sp³-hybridized carbons (Fsp3) is 0.167. The molecule has 0 bridgehead atoms. The number of benzene rings is 1. The van der Waals surface area contributed by atoms with Gasteiger partial charge in [0.15, 0.2) is 17.9 Å². The Bertz CT molecular complexity index is 536. The number of carbonyl (C=O) groups is 1. The van der Waals surface area contributed by atoms with E-state index in [1.54, 1.807) is 12.1 Å². The highest BCUT2D eigenvalue weighted by Crippen LogP contribution is 2.18. The minimum absolute atomic E-state index is 0.133. The Labute approximate surface area is 97.0 Å². The first-order valence-corrected chi connectivity index (χ1v) is 4.95. The molecule has 17 heavy (non-hydrogen) atoms. The smallest absolute Gasteiger partial charge is 0.199 e. The van der Waals surface area contributed by atoms with E-state index in [2.05, 4.69) is 4.98 Å². The molecule has 5 heteroatoms. The number of methoxy groups -OCH3 is 1. The lowest BCUT2D eigenvalue weighted by molar-refractivity contribution is 0.109. The van der Waals surface area contributed by atoms with Crippen LogP contribution in [-0.4, -0.2) is 18.4 Å². The maximum absolute atomic E-state index is 13.6. The molecule has 4 nitrogen and oxygen atoms in total. The second kappa shape index (κ2) is 4.78. The summed E-state index contributed by atoms with van der Waals surface area (Å²) in [6, 6.07) is 4.54. The van der Waals surface area contributed by atoms with Crippen LogP contribution in [0.25, 0.3) is 0 Å². The van der Waals surface area contributed by atoms with Crippen LogP contribution >= 0.6 is 0 Å². The van der Waals surface area contributed by atoms with E-state index in [0.29, 0.717) is 23.5 Å². The lowest BCUT2D eigenvalue weighted by atomic mass is 10.1. The molecule has 1 aromatic carbocycles. The van der Waals surface area contributed by atoms with Crippen LogP contribution in [0.5, 0.6) is 5.75 Å². The van der Waals surface area contributed by atoms with Crippen molar-refractivity contribution < 1.29 is 18.3 Å². The van der Waals surface area contributed by atoms with Crippen LogP contribution in [0.3, 0.4) is 0 Å². The van der Waals surface area contributed by atoms with Gasteiger partial charge in [-0.15, -0.1) is 0 Å². The number of rotatable bonds is 4. The highest BCUT2D eigenvalue weighted by Gasteiger charge is 2.09. The molecule has 0 saturated heterocycles. The van der Waals surface area contributed by atoms with E-state index in [0.717, 1.165) is 0 Å². The second-order valence-electron chi connectivity index (χ2n) is 3.41. The van der Waals surface area contributed by atoms with Gasteiger partial charge in [0.05, 0.1) is 19.7 Å². The van der Waals surface area contributed by atoms with Gasteiger partial charge < -0.3 is 9.15 Å². The number of aromatic nitrogens is 1. The van der Waals surface area contributed by atoms with E-state index in [1.807, 2.05) is 0 Å². The quantitative estimate of drug-likeness (QED) is 0.762. The normalized spacial score (nSPS) is 10.2. The van der Waals surface area contributed by atoms with Crippen molar-refractivity contribution in [2.24, 2.45) is 0 Å². The Morgan fingerprint density at radius 2 is 2.35 bits per heavy atom. The van der Waals surface area contributed by atoms with Gasteiger partial charge >= 0.3 is 0 Å². The molecule has 1 aromatic heterocycles. The molecule has 0 aliphatic rings. The van der Waals surface area contributed by atoms with Gasteiger partial charge in [-0.25, -0.2) is 9.37 Å². The first kappa shape index (κ1) is 11.3. The zero-order valence-corrected chi connectivity index (χ0v) is 9.14. The summed E-state index contributed by atoms with van der Waals surface area (Å²) in [6.07, 6.45) is 2.06. The van der Waals surface area contributed by atoms with Crippen molar-refractivity contribution in [1.29, 1.82) is 0 Å². The minimum Gasteiger partial charge on any atom is -0.497 e. The SMILES string of the molecule is COc1ccc(Cc2ncc(C=O)o2)c(F)c1. The lowest BCUT2D eigenvalue weighted by Crippen LogP contribution is -1.94. The molecular formula is C12H10FNO3. The molecule has 2 aromatic rings. The molecular weight excluding hydrogens is 225 g/mol. The van der Waals surface area contributed by atoms with Crippen molar-refractivity contribution in [3.05, 3.63) is 47.4 Å². The van der Waals surface area contributed by atoms with Crippen LogP contribution in [0.2, 0.25) is 0 Å². The predicted octanol–water partition coefficient (Wildman–Crippen LogP) is 2.23. The third-order valence-corrected chi connectivity index (χ3v) is 2.29. The molecule has 2 rings (SSSR count). The second-order valence-corrected chi connectivity index (χ2v) is 3.41. The molecule has 0 aliphatic carbocycles. The summed E-state index contributed by atoms with van der Waals surface area (Å²) in [4.78, 5) is 14.3. The summed E-state index contributed by atoms with van der Waals surface area (Å²) < 4.78 is 23.6. The number of ether oxygens (including phenoxy) is 1. The first-order valence-electron chi connectivity index (χ1n) is 4.95. The van der Waals surface area contributed by atoms with Crippen LogP contribution in [-0.2, 0) is 6.42 Å². The van der Waals surface area contributed by atoms with Crippen LogP contribution in [0.4, 0.5) is 4.39 Å². The summed E-state index contributed by atoms with van der Waals surface area (Å²) in [6.45, 7) is 0. The van der Waals surface area contributed by atoms with E-state index >= 15 is 0 Å². The number of halogens is 1.